The maximum Gasteiger partial charge on any atom is 0.234 e. The SMILES string of the molecule is CCN(CC)CCN(C(=O)Cc1cccs1)c1nc2ccc(F)cc2s1.Cl. The molecule has 0 aliphatic rings. The number of nitrogens with zero attached hydrogens (tertiary/aromatic N) is 3. The first-order chi connectivity index (χ1) is 12.6. The van der Waals surface area contributed by atoms with Gasteiger partial charge in [0.25, 0.3) is 0 Å². The second-order valence-corrected chi connectivity index (χ2v) is 7.98. The van der Waals surface area contributed by atoms with Crippen LogP contribution >= 0.6 is 35.1 Å². The zero-order valence-corrected chi connectivity index (χ0v) is 17.8. The fourth-order valence-corrected chi connectivity index (χ4v) is 4.50. The summed E-state index contributed by atoms with van der Waals surface area (Å²) >= 11 is 2.95. The first-order valence-corrected chi connectivity index (χ1v) is 10.4. The highest BCUT2D eigenvalue weighted by Gasteiger charge is 2.21. The van der Waals surface area contributed by atoms with Crippen LogP contribution < -0.4 is 4.90 Å². The number of likely N-dealkylation sites (N-methyl/N-ethyl adjacent to an activating group) is 1. The topological polar surface area (TPSA) is 36.4 Å². The van der Waals surface area contributed by atoms with Crippen LogP contribution in [0.2, 0.25) is 0 Å². The summed E-state index contributed by atoms with van der Waals surface area (Å²) in [5.74, 6) is -0.258. The first-order valence-electron chi connectivity index (χ1n) is 8.72. The number of aromatic nitrogens is 1. The van der Waals surface area contributed by atoms with Crippen LogP contribution in [0.1, 0.15) is 18.7 Å². The van der Waals surface area contributed by atoms with Gasteiger partial charge >= 0.3 is 0 Å². The van der Waals surface area contributed by atoms with Gasteiger partial charge in [-0.05, 0) is 42.7 Å². The zero-order valence-electron chi connectivity index (χ0n) is 15.4. The lowest BCUT2D eigenvalue weighted by Gasteiger charge is -2.24. The molecule has 3 rings (SSSR count). The van der Waals surface area contributed by atoms with E-state index < -0.39 is 0 Å². The van der Waals surface area contributed by atoms with Gasteiger partial charge in [-0.3, -0.25) is 9.69 Å². The van der Waals surface area contributed by atoms with Crippen LogP contribution in [0, 0.1) is 5.82 Å². The number of thiazole rings is 1. The third kappa shape index (κ3) is 5.48. The molecule has 0 spiro atoms. The molecule has 0 atom stereocenters. The predicted molar refractivity (Wildman–Crippen MR) is 115 cm³/mol. The van der Waals surface area contributed by atoms with Gasteiger partial charge in [0.2, 0.25) is 5.91 Å². The Balaban J connectivity index is 0.00000261. The molecule has 4 nitrogen and oxygen atoms in total. The highest BCUT2D eigenvalue weighted by molar-refractivity contribution is 7.22. The summed E-state index contributed by atoms with van der Waals surface area (Å²) in [4.78, 5) is 22.6. The van der Waals surface area contributed by atoms with Crippen molar-refractivity contribution in [3.8, 4) is 0 Å². The van der Waals surface area contributed by atoms with Crippen molar-refractivity contribution in [2.75, 3.05) is 31.1 Å². The van der Waals surface area contributed by atoms with Crippen LogP contribution in [0.5, 0.6) is 0 Å². The van der Waals surface area contributed by atoms with Crippen molar-refractivity contribution in [3.63, 3.8) is 0 Å². The van der Waals surface area contributed by atoms with E-state index in [1.165, 1.54) is 23.5 Å². The van der Waals surface area contributed by atoms with E-state index in [-0.39, 0.29) is 24.1 Å². The number of anilines is 1. The third-order valence-corrected chi connectivity index (χ3v) is 6.23. The lowest BCUT2D eigenvalue weighted by Crippen LogP contribution is -2.39. The van der Waals surface area contributed by atoms with Gasteiger partial charge in [0, 0.05) is 18.0 Å². The van der Waals surface area contributed by atoms with E-state index in [2.05, 4.69) is 23.7 Å². The van der Waals surface area contributed by atoms with Crippen LogP contribution in [-0.4, -0.2) is 42.0 Å². The fourth-order valence-electron chi connectivity index (χ4n) is 2.77. The van der Waals surface area contributed by atoms with Crippen molar-refractivity contribution < 1.29 is 9.18 Å². The molecule has 0 unspecified atom stereocenters. The highest BCUT2D eigenvalue weighted by atomic mass is 35.5. The number of fused-ring (bicyclic) bond motifs is 1. The largest absolute Gasteiger partial charge is 0.302 e. The Morgan fingerprint density at radius 3 is 2.63 bits per heavy atom. The number of rotatable bonds is 8. The Morgan fingerprint density at radius 2 is 1.96 bits per heavy atom. The number of amides is 1. The van der Waals surface area contributed by atoms with E-state index >= 15 is 0 Å². The maximum absolute atomic E-state index is 13.5. The first kappa shape index (κ1) is 21.8. The van der Waals surface area contributed by atoms with Crippen LogP contribution in [0.25, 0.3) is 10.2 Å². The number of carbonyl (C=O) groups excluding carboxylic acids is 1. The molecule has 0 radical (unpaired) electrons. The molecule has 27 heavy (non-hydrogen) atoms. The summed E-state index contributed by atoms with van der Waals surface area (Å²) in [5.41, 5.74) is 0.725. The Bertz CT molecular complexity index is 865. The summed E-state index contributed by atoms with van der Waals surface area (Å²) in [5, 5.41) is 2.61. The number of halogens is 2. The van der Waals surface area contributed by atoms with Crippen molar-refractivity contribution in [2.24, 2.45) is 0 Å². The van der Waals surface area contributed by atoms with Crippen molar-refractivity contribution in [1.29, 1.82) is 0 Å². The summed E-state index contributed by atoms with van der Waals surface area (Å²) in [6.07, 6.45) is 0.361. The van der Waals surface area contributed by atoms with Gasteiger partial charge in [0.1, 0.15) is 5.82 Å². The minimum Gasteiger partial charge on any atom is -0.302 e. The molecule has 0 saturated carbocycles. The summed E-state index contributed by atoms with van der Waals surface area (Å²) in [6, 6.07) is 8.46. The van der Waals surface area contributed by atoms with Crippen LogP contribution in [0.3, 0.4) is 0 Å². The predicted octanol–water partition coefficient (Wildman–Crippen LogP) is 4.84. The third-order valence-electron chi connectivity index (χ3n) is 4.31. The molecule has 3 aromatic rings. The second-order valence-electron chi connectivity index (χ2n) is 5.94. The number of benzene rings is 1. The van der Waals surface area contributed by atoms with Crippen molar-refractivity contribution in [1.82, 2.24) is 9.88 Å². The lowest BCUT2D eigenvalue weighted by molar-refractivity contribution is -0.118. The standard InChI is InChI=1S/C19H22FN3OS2.ClH/c1-3-22(4-2)9-10-23(18(24)13-15-6-5-11-25-15)19-21-16-8-7-14(20)12-17(16)26-19;/h5-8,11-12H,3-4,9-10,13H2,1-2H3;1H. The van der Waals surface area contributed by atoms with E-state index in [0.29, 0.717) is 18.1 Å². The molecule has 0 aliphatic carbocycles. The van der Waals surface area contributed by atoms with E-state index in [9.17, 15) is 9.18 Å². The second kappa shape index (κ2) is 10.1. The lowest BCUT2D eigenvalue weighted by atomic mass is 10.3. The van der Waals surface area contributed by atoms with Gasteiger partial charge in [-0.2, -0.15) is 0 Å². The maximum atomic E-state index is 13.5. The highest BCUT2D eigenvalue weighted by Crippen LogP contribution is 2.30. The molecular weight excluding hydrogens is 405 g/mol. The Labute approximate surface area is 173 Å². The molecule has 0 aliphatic heterocycles. The number of thiophene rings is 1. The molecule has 0 bridgehead atoms. The zero-order chi connectivity index (χ0) is 18.5. The van der Waals surface area contributed by atoms with Gasteiger partial charge in [0.05, 0.1) is 16.6 Å². The Hall–Kier alpha value is -1.54. The quantitative estimate of drug-likeness (QED) is 0.516. The summed E-state index contributed by atoms with van der Waals surface area (Å²) in [6.45, 7) is 7.47. The normalized spacial score (nSPS) is 11.0. The molecule has 1 aromatic carbocycles. The van der Waals surface area contributed by atoms with Crippen molar-refractivity contribution in [2.45, 2.75) is 20.3 Å². The van der Waals surface area contributed by atoms with E-state index in [4.69, 9.17) is 0 Å². The van der Waals surface area contributed by atoms with Gasteiger partial charge in [-0.25, -0.2) is 9.37 Å². The van der Waals surface area contributed by atoms with E-state index in [1.807, 2.05) is 17.5 Å². The number of hydrogen-bond donors (Lipinski definition) is 0. The van der Waals surface area contributed by atoms with E-state index in [0.717, 1.165) is 34.7 Å². The molecule has 8 heteroatoms. The monoisotopic (exact) mass is 427 g/mol. The Morgan fingerprint density at radius 1 is 1.19 bits per heavy atom. The van der Waals surface area contributed by atoms with Crippen LogP contribution in [0.15, 0.2) is 35.7 Å². The molecule has 0 fully saturated rings. The van der Waals surface area contributed by atoms with Gasteiger partial charge < -0.3 is 4.90 Å². The summed E-state index contributed by atoms with van der Waals surface area (Å²) in [7, 11) is 0. The van der Waals surface area contributed by atoms with Gasteiger partial charge in [-0.1, -0.05) is 31.3 Å². The van der Waals surface area contributed by atoms with Gasteiger partial charge in [-0.15, -0.1) is 23.7 Å². The van der Waals surface area contributed by atoms with Crippen LogP contribution in [0.4, 0.5) is 9.52 Å². The fraction of sp³-hybridized carbons (Fsp3) is 0.368. The molecule has 2 heterocycles. The Kier molecular flexibility index (Phi) is 8.16. The molecule has 0 saturated heterocycles. The average Bonchev–Trinajstić information content (AvgIpc) is 3.27. The van der Waals surface area contributed by atoms with Crippen LogP contribution in [-0.2, 0) is 11.2 Å². The minimum absolute atomic E-state index is 0. The smallest absolute Gasteiger partial charge is 0.234 e. The van der Waals surface area contributed by atoms with Crippen molar-refractivity contribution >= 4 is 56.3 Å². The molecule has 0 N–H and O–H groups in total. The molecule has 2 aromatic heterocycles. The molecular formula is C19H23ClFN3OS2. The minimum atomic E-state index is -0.285. The average molecular weight is 428 g/mol. The van der Waals surface area contributed by atoms with E-state index in [1.54, 1.807) is 22.3 Å². The number of hydrogen-bond acceptors (Lipinski definition) is 5. The summed E-state index contributed by atoms with van der Waals surface area (Å²) < 4.78 is 14.3. The number of carbonyl (C=O) groups is 1. The molecule has 1 amide bonds. The van der Waals surface area contributed by atoms with Gasteiger partial charge in [0.15, 0.2) is 5.13 Å². The molecule has 146 valence electrons. The van der Waals surface area contributed by atoms with Crippen molar-refractivity contribution in [3.05, 3.63) is 46.4 Å².